The highest BCUT2D eigenvalue weighted by molar-refractivity contribution is 5.73. The van der Waals surface area contributed by atoms with Crippen molar-refractivity contribution >= 4 is 17.5 Å². The van der Waals surface area contributed by atoms with Gasteiger partial charge in [-0.25, -0.2) is 4.98 Å². The molecule has 0 saturated carbocycles. The Labute approximate surface area is 169 Å². The summed E-state index contributed by atoms with van der Waals surface area (Å²) >= 11 is 0. The fraction of sp³-hybridized carbons (Fsp3) is 0.409. The van der Waals surface area contributed by atoms with Gasteiger partial charge in [-0.3, -0.25) is 14.2 Å². The summed E-state index contributed by atoms with van der Waals surface area (Å²) in [6.45, 7) is 5.45. The number of aromatic nitrogens is 3. The molecule has 7 nitrogen and oxygen atoms in total. The number of nitrogens with zero attached hydrogens (tertiary/aromatic N) is 2. The maximum atomic E-state index is 12.7. The van der Waals surface area contributed by atoms with Crippen molar-refractivity contribution in [2.75, 3.05) is 6.61 Å². The molecule has 1 fully saturated rings. The van der Waals surface area contributed by atoms with Gasteiger partial charge in [0.2, 0.25) is 0 Å². The topological polar surface area (TPSA) is 97.2 Å². The van der Waals surface area contributed by atoms with Crippen LogP contribution >= 0.6 is 0 Å². The number of carboxylic acid groups (broad SMARTS) is 1. The maximum absolute atomic E-state index is 12.7. The van der Waals surface area contributed by atoms with Gasteiger partial charge in [-0.15, -0.1) is 0 Å². The van der Waals surface area contributed by atoms with Crippen molar-refractivity contribution in [1.82, 2.24) is 14.5 Å². The van der Waals surface area contributed by atoms with E-state index in [1.165, 1.54) is 5.56 Å². The van der Waals surface area contributed by atoms with Crippen LogP contribution in [0.4, 0.5) is 0 Å². The summed E-state index contributed by atoms with van der Waals surface area (Å²) in [5, 5.41) is 6.89. The summed E-state index contributed by atoms with van der Waals surface area (Å²) in [5.41, 5.74) is 2.46. The molecule has 2 N–H and O–H groups in total. The van der Waals surface area contributed by atoms with Crippen molar-refractivity contribution in [3.8, 4) is 0 Å². The molecular formula is C22H27N3O4. The fourth-order valence-corrected chi connectivity index (χ4v) is 4.33. The van der Waals surface area contributed by atoms with Crippen molar-refractivity contribution in [3.05, 3.63) is 64.8 Å². The third-order valence-corrected chi connectivity index (χ3v) is 5.59. The lowest BCUT2D eigenvalue weighted by atomic mass is 9.67. The van der Waals surface area contributed by atoms with Crippen LogP contribution in [0.25, 0.3) is 11.0 Å². The van der Waals surface area contributed by atoms with Crippen LogP contribution in [0.2, 0.25) is 0 Å². The standard InChI is InChI=1S/C21H25N3O2.CH2O2/c1-20(2)14-21(10-13-26-20,16-6-4-3-5-7-16)9-12-24-15-23-17-8-11-22-18(17)19(24)25;2-1-3/h3-8,11,15,22H,9-10,12-14H2,1-2H3;1H,(H,2,3). The molecule has 4 rings (SSSR count). The van der Waals surface area contributed by atoms with Crippen LogP contribution in [0.5, 0.6) is 0 Å². The zero-order valence-electron chi connectivity index (χ0n) is 16.8. The number of hydrogen-bond acceptors (Lipinski definition) is 4. The average molecular weight is 397 g/mol. The Balaban J connectivity index is 0.000000755. The van der Waals surface area contributed by atoms with E-state index in [0.717, 1.165) is 31.4 Å². The normalized spacial score (nSPS) is 20.6. The molecule has 1 aliphatic rings. The first kappa shape index (κ1) is 20.8. The second-order valence-electron chi connectivity index (χ2n) is 8.02. The number of H-pyrrole nitrogens is 1. The van der Waals surface area contributed by atoms with E-state index in [-0.39, 0.29) is 23.0 Å². The van der Waals surface area contributed by atoms with Crippen LogP contribution < -0.4 is 5.56 Å². The van der Waals surface area contributed by atoms with E-state index in [1.807, 2.05) is 6.07 Å². The minimum absolute atomic E-state index is 0.00506. The molecule has 0 aliphatic carbocycles. The van der Waals surface area contributed by atoms with E-state index in [0.29, 0.717) is 12.1 Å². The van der Waals surface area contributed by atoms with Gasteiger partial charge in [0.25, 0.3) is 12.0 Å². The van der Waals surface area contributed by atoms with Crippen LogP contribution in [-0.2, 0) is 21.5 Å². The lowest BCUT2D eigenvalue weighted by Gasteiger charge is -2.45. The van der Waals surface area contributed by atoms with Gasteiger partial charge < -0.3 is 14.8 Å². The molecule has 0 spiro atoms. The number of carbonyl (C=O) groups is 1. The lowest BCUT2D eigenvalue weighted by Crippen LogP contribution is -2.44. The summed E-state index contributed by atoms with van der Waals surface area (Å²) < 4.78 is 7.71. The van der Waals surface area contributed by atoms with E-state index in [9.17, 15) is 4.79 Å². The quantitative estimate of drug-likeness (QED) is 0.658. The Kier molecular flexibility index (Phi) is 6.17. The summed E-state index contributed by atoms with van der Waals surface area (Å²) in [5.74, 6) is 0. The third-order valence-electron chi connectivity index (χ3n) is 5.59. The number of rotatable bonds is 4. The fourth-order valence-electron chi connectivity index (χ4n) is 4.33. The van der Waals surface area contributed by atoms with Crippen molar-refractivity contribution < 1.29 is 14.6 Å². The first-order valence-electron chi connectivity index (χ1n) is 9.71. The number of fused-ring (bicyclic) bond motifs is 1. The van der Waals surface area contributed by atoms with Crippen LogP contribution in [0.15, 0.2) is 53.7 Å². The highest BCUT2D eigenvalue weighted by Gasteiger charge is 2.41. The summed E-state index contributed by atoms with van der Waals surface area (Å²) in [7, 11) is 0. The van der Waals surface area contributed by atoms with Crippen molar-refractivity contribution in [3.63, 3.8) is 0 Å². The minimum atomic E-state index is -0.250. The van der Waals surface area contributed by atoms with Crippen molar-refractivity contribution in [1.29, 1.82) is 0 Å². The second-order valence-corrected chi connectivity index (χ2v) is 8.02. The molecule has 1 saturated heterocycles. The first-order chi connectivity index (χ1) is 13.9. The molecule has 0 radical (unpaired) electrons. The number of hydrogen-bond donors (Lipinski definition) is 2. The Bertz CT molecular complexity index is 1010. The Morgan fingerprint density at radius 3 is 2.69 bits per heavy atom. The van der Waals surface area contributed by atoms with Crippen LogP contribution in [0.3, 0.4) is 0 Å². The first-order valence-corrected chi connectivity index (χ1v) is 9.71. The van der Waals surface area contributed by atoms with E-state index in [1.54, 1.807) is 17.1 Å². The monoisotopic (exact) mass is 397 g/mol. The molecule has 154 valence electrons. The summed E-state index contributed by atoms with van der Waals surface area (Å²) in [6, 6.07) is 12.5. The number of aryl methyl sites for hydroxylation is 1. The highest BCUT2D eigenvalue weighted by atomic mass is 16.5. The molecule has 0 amide bonds. The molecule has 2 aromatic heterocycles. The van der Waals surface area contributed by atoms with Crippen molar-refractivity contribution in [2.24, 2.45) is 0 Å². The number of nitrogens with one attached hydrogen (secondary N) is 1. The third kappa shape index (κ3) is 4.56. The molecule has 3 aromatic rings. The number of benzene rings is 1. The molecular weight excluding hydrogens is 370 g/mol. The van der Waals surface area contributed by atoms with Gasteiger partial charge in [-0.05, 0) is 44.7 Å². The van der Waals surface area contributed by atoms with Crippen LogP contribution in [0, 0.1) is 0 Å². The maximum Gasteiger partial charge on any atom is 0.290 e. The molecule has 1 atom stereocenters. The van der Waals surface area contributed by atoms with Gasteiger partial charge in [0.15, 0.2) is 0 Å². The minimum Gasteiger partial charge on any atom is -0.483 e. The van der Waals surface area contributed by atoms with E-state index < -0.39 is 0 Å². The highest BCUT2D eigenvalue weighted by Crippen LogP contribution is 2.44. The Morgan fingerprint density at radius 1 is 1.28 bits per heavy atom. The van der Waals surface area contributed by atoms with Gasteiger partial charge in [0, 0.05) is 24.8 Å². The molecule has 0 bridgehead atoms. The molecule has 1 aromatic carbocycles. The molecule has 3 heterocycles. The van der Waals surface area contributed by atoms with Gasteiger partial charge in [-0.2, -0.15) is 0 Å². The zero-order valence-corrected chi connectivity index (χ0v) is 16.8. The lowest BCUT2D eigenvalue weighted by molar-refractivity contribution is -0.122. The molecule has 7 heteroatoms. The van der Waals surface area contributed by atoms with Gasteiger partial charge in [0.1, 0.15) is 5.52 Å². The van der Waals surface area contributed by atoms with Gasteiger partial charge >= 0.3 is 0 Å². The van der Waals surface area contributed by atoms with Crippen molar-refractivity contribution in [2.45, 2.75) is 50.7 Å². The predicted molar refractivity (Wildman–Crippen MR) is 111 cm³/mol. The van der Waals surface area contributed by atoms with Gasteiger partial charge in [-0.1, -0.05) is 30.3 Å². The SMILES string of the molecule is CC1(C)CC(CCn2cnc3cc[nH]c3c2=O)(c2ccccc2)CCO1.O=CO. The Hall–Kier alpha value is -2.93. The smallest absolute Gasteiger partial charge is 0.290 e. The van der Waals surface area contributed by atoms with E-state index >= 15 is 0 Å². The molecule has 1 unspecified atom stereocenters. The van der Waals surface area contributed by atoms with E-state index in [4.69, 9.17) is 14.6 Å². The summed E-state index contributed by atoms with van der Waals surface area (Å²) in [4.78, 5) is 28.5. The molecule has 1 aliphatic heterocycles. The summed E-state index contributed by atoms with van der Waals surface area (Å²) in [6.07, 6.45) is 6.22. The van der Waals surface area contributed by atoms with E-state index in [2.05, 4.69) is 54.1 Å². The number of ether oxygens (including phenoxy) is 1. The Morgan fingerprint density at radius 2 is 2.00 bits per heavy atom. The van der Waals surface area contributed by atoms with Crippen LogP contribution in [0.1, 0.15) is 38.7 Å². The van der Waals surface area contributed by atoms with Gasteiger partial charge in [0.05, 0.1) is 17.4 Å². The second kappa shape index (κ2) is 8.61. The number of aromatic amines is 1. The van der Waals surface area contributed by atoms with Crippen LogP contribution in [-0.4, -0.2) is 38.3 Å². The average Bonchev–Trinajstić information content (AvgIpc) is 3.18. The predicted octanol–water partition coefficient (Wildman–Crippen LogP) is 3.34. The zero-order chi connectivity index (χ0) is 20.9. The molecule has 29 heavy (non-hydrogen) atoms. The largest absolute Gasteiger partial charge is 0.483 e.